The van der Waals surface area contributed by atoms with Crippen molar-refractivity contribution in [2.24, 2.45) is 0 Å². The second-order valence-corrected chi connectivity index (χ2v) is 17.2. The van der Waals surface area contributed by atoms with Crippen LogP contribution in [0.1, 0.15) is 11.1 Å². The molecule has 0 saturated heterocycles. The van der Waals surface area contributed by atoms with E-state index in [1.54, 1.807) is 0 Å². The summed E-state index contributed by atoms with van der Waals surface area (Å²) in [4.78, 5) is 7.28. The molecule has 0 spiro atoms. The molecule has 0 radical (unpaired) electrons. The summed E-state index contributed by atoms with van der Waals surface area (Å²) in [5, 5.41) is 4.99. The molecule has 1 aromatic heterocycles. The summed E-state index contributed by atoms with van der Waals surface area (Å²) in [6, 6.07) is 86.0. The highest BCUT2D eigenvalue weighted by Crippen LogP contribution is 2.53. The number of nitrogens with zero attached hydrogens (tertiary/aromatic N) is 3. The molecule has 11 aromatic rings. The van der Waals surface area contributed by atoms with Crippen molar-refractivity contribution >= 4 is 93.5 Å². The molecule has 0 atom stereocenters. The normalized spacial score (nSPS) is 11.7. The molecule has 1 heterocycles. The monoisotopic (exact) mass is 823 g/mol. The molecule has 3 nitrogen and oxygen atoms in total. The third-order valence-electron chi connectivity index (χ3n) is 12.4. The fourth-order valence-corrected chi connectivity index (χ4v) is 10.8. The van der Waals surface area contributed by atoms with Gasteiger partial charge >= 0.3 is 0 Å². The van der Waals surface area contributed by atoms with Gasteiger partial charge in [0.2, 0.25) is 0 Å². The molecule has 12 rings (SSSR count). The molecular formula is C59H41N3S. The van der Waals surface area contributed by atoms with Gasteiger partial charge in [0.05, 0.1) is 11.4 Å². The number of hydrogen-bond donors (Lipinski definition) is 0. The number of thiophene rings is 1. The van der Waals surface area contributed by atoms with Crippen LogP contribution in [0, 0.1) is 0 Å². The Morgan fingerprint density at radius 2 is 0.794 bits per heavy atom. The van der Waals surface area contributed by atoms with Crippen LogP contribution in [0.2, 0.25) is 0 Å². The number of benzene rings is 10. The standard InChI is InChI=1S/C59H41N3S/c1-6-21-43(22-7-1)60(44-23-8-2-9-24-44)48-34-35-56-53(38-48)59-52-33-19-18-32-51(52)54(40-57(59)63-56)62(47-29-14-5-15-30-47)49-37-42-36-41-20-16-17-31-50(41)58(42)55(39-49)61(45-25-10-3-11-26-45)46-27-12-4-13-28-46/h1-35,37-40H,36H2. The Morgan fingerprint density at radius 1 is 0.302 bits per heavy atom. The van der Waals surface area contributed by atoms with Gasteiger partial charge in [0.1, 0.15) is 0 Å². The van der Waals surface area contributed by atoms with Gasteiger partial charge in [-0.2, -0.15) is 0 Å². The molecule has 1 aliphatic carbocycles. The average molecular weight is 824 g/mol. The van der Waals surface area contributed by atoms with E-state index in [1.807, 2.05) is 11.3 Å². The number of para-hydroxylation sites is 5. The predicted molar refractivity (Wildman–Crippen MR) is 269 cm³/mol. The van der Waals surface area contributed by atoms with Crippen molar-refractivity contribution in [3.05, 3.63) is 248 Å². The van der Waals surface area contributed by atoms with Gasteiger partial charge in [-0.15, -0.1) is 11.3 Å². The van der Waals surface area contributed by atoms with Crippen LogP contribution in [-0.2, 0) is 6.42 Å². The lowest BCUT2D eigenvalue weighted by Gasteiger charge is -2.32. The van der Waals surface area contributed by atoms with Crippen molar-refractivity contribution in [1.29, 1.82) is 0 Å². The lowest BCUT2D eigenvalue weighted by molar-refractivity contribution is 1.22. The summed E-state index contributed by atoms with van der Waals surface area (Å²) in [5.41, 5.74) is 15.4. The maximum Gasteiger partial charge on any atom is 0.0563 e. The lowest BCUT2D eigenvalue weighted by Crippen LogP contribution is -2.15. The van der Waals surface area contributed by atoms with Crippen molar-refractivity contribution in [1.82, 2.24) is 0 Å². The molecule has 4 heteroatoms. The first-order valence-electron chi connectivity index (χ1n) is 21.6. The highest BCUT2D eigenvalue weighted by atomic mass is 32.1. The first-order valence-corrected chi connectivity index (χ1v) is 22.4. The van der Waals surface area contributed by atoms with Crippen LogP contribution in [0.3, 0.4) is 0 Å². The largest absolute Gasteiger partial charge is 0.310 e. The fourth-order valence-electron chi connectivity index (χ4n) is 9.67. The average Bonchev–Trinajstić information content (AvgIpc) is 3.92. The molecule has 0 amide bonds. The van der Waals surface area contributed by atoms with Crippen LogP contribution in [0.25, 0.3) is 42.1 Å². The second kappa shape index (κ2) is 15.5. The Labute approximate surface area is 371 Å². The van der Waals surface area contributed by atoms with Crippen LogP contribution in [-0.4, -0.2) is 0 Å². The van der Waals surface area contributed by atoms with Gasteiger partial charge in [-0.3, -0.25) is 0 Å². The SMILES string of the molecule is c1ccc(N(c2ccccc2)c2ccc3sc4cc(N(c5ccccc5)c5cc6c(c(N(c7ccccc7)c7ccccc7)c5)-c5ccccc5C6)c5ccccc5c4c3c2)cc1. The van der Waals surface area contributed by atoms with Gasteiger partial charge in [-0.05, 0) is 126 Å². The van der Waals surface area contributed by atoms with E-state index in [9.17, 15) is 0 Å². The van der Waals surface area contributed by atoms with E-state index in [2.05, 4.69) is 251 Å². The van der Waals surface area contributed by atoms with Crippen LogP contribution >= 0.6 is 11.3 Å². The minimum Gasteiger partial charge on any atom is -0.310 e. The molecule has 0 fully saturated rings. The van der Waals surface area contributed by atoms with Crippen molar-refractivity contribution in [3.8, 4) is 11.1 Å². The van der Waals surface area contributed by atoms with E-state index < -0.39 is 0 Å². The van der Waals surface area contributed by atoms with Gasteiger partial charge in [0, 0.05) is 70.9 Å². The molecule has 298 valence electrons. The van der Waals surface area contributed by atoms with Crippen LogP contribution < -0.4 is 14.7 Å². The smallest absolute Gasteiger partial charge is 0.0563 e. The van der Waals surface area contributed by atoms with Crippen molar-refractivity contribution in [2.45, 2.75) is 6.42 Å². The molecule has 10 aromatic carbocycles. The zero-order valence-electron chi connectivity index (χ0n) is 34.5. The predicted octanol–water partition coefficient (Wildman–Crippen LogP) is 17.2. The summed E-state index contributed by atoms with van der Waals surface area (Å²) >= 11 is 1.87. The summed E-state index contributed by atoms with van der Waals surface area (Å²) in [6.07, 6.45) is 0.869. The third-order valence-corrected chi connectivity index (χ3v) is 13.5. The highest BCUT2D eigenvalue weighted by molar-refractivity contribution is 7.26. The zero-order chi connectivity index (χ0) is 41.7. The van der Waals surface area contributed by atoms with E-state index in [1.165, 1.54) is 53.2 Å². The Kier molecular flexibility index (Phi) is 9.09. The van der Waals surface area contributed by atoms with E-state index >= 15 is 0 Å². The van der Waals surface area contributed by atoms with Crippen molar-refractivity contribution in [3.63, 3.8) is 0 Å². The summed E-state index contributed by atoms with van der Waals surface area (Å²) in [5.74, 6) is 0. The minimum atomic E-state index is 0.869. The molecule has 0 bridgehead atoms. The van der Waals surface area contributed by atoms with Gasteiger partial charge in [0.15, 0.2) is 0 Å². The quantitative estimate of drug-likeness (QED) is 0.144. The van der Waals surface area contributed by atoms with Gasteiger partial charge < -0.3 is 14.7 Å². The first kappa shape index (κ1) is 36.9. The summed E-state index contributed by atoms with van der Waals surface area (Å²) in [6.45, 7) is 0. The van der Waals surface area contributed by atoms with Crippen molar-refractivity contribution in [2.75, 3.05) is 14.7 Å². The first-order chi connectivity index (χ1) is 31.3. The fraction of sp³-hybridized carbons (Fsp3) is 0.0169. The van der Waals surface area contributed by atoms with E-state index in [0.717, 1.165) is 57.6 Å². The number of hydrogen-bond acceptors (Lipinski definition) is 4. The summed E-state index contributed by atoms with van der Waals surface area (Å²) in [7, 11) is 0. The number of fused-ring (bicyclic) bond motifs is 8. The van der Waals surface area contributed by atoms with Crippen LogP contribution in [0.4, 0.5) is 51.2 Å². The number of anilines is 9. The van der Waals surface area contributed by atoms with Gasteiger partial charge in [0.25, 0.3) is 0 Å². The number of rotatable bonds is 9. The Balaban J connectivity index is 1.10. The van der Waals surface area contributed by atoms with Crippen molar-refractivity contribution < 1.29 is 0 Å². The van der Waals surface area contributed by atoms with E-state index in [4.69, 9.17) is 0 Å². The Hall–Kier alpha value is -7.92. The minimum absolute atomic E-state index is 0.869. The van der Waals surface area contributed by atoms with Gasteiger partial charge in [-0.1, -0.05) is 140 Å². The molecule has 0 saturated carbocycles. The molecule has 0 aliphatic heterocycles. The summed E-state index contributed by atoms with van der Waals surface area (Å²) < 4.78 is 2.52. The molecule has 63 heavy (non-hydrogen) atoms. The molecule has 0 unspecified atom stereocenters. The maximum atomic E-state index is 2.49. The van der Waals surface area contributed by atoms with Crippen LogP contribution in [0.5, 0.6) is 0 Å². The lowest BCUT2D eigenvalue weighted by atomic mass is 9.98. The van der Waals surface area contributed by atoms with E-state index in [0.29, 0.717) is 0 Å². The van der Waals surface area contributed by atoms with Gasteiger partial charge in [-0.25, -0.2) is 0 Å². The van der Waals surface area contributed by atoms with E-state index in [-0.39, 0.29) is 0 Å². The topological polar surface area (TPSA) is 9.72 Å². The van der Waals surface area contributed by atoms with Crippen LogP contribution in [0.15, 0.2) is 237 Å². The maximum absolute atomic E-state index is 2.49. The molecular weight excluding hydrogens is 783 g/mol. The second-order valence-electron chi connectivity index (χ2n) is 16.1. The molecule has 0 N–H and O–H groups in total. The Bertz CT molecular complexity index is 3340. The zero-order valence-corrected chi connectivity index (χ0v) is 35.3. The molecule has 1 aliphatic rings. The Morgan fingerprint density at radius 3 is 1.38 bits per heavy atom. The highest BCUT2D eigenvalue weighted by Gasteiger charge is 2.29. The third kappa shape index (κ3) is 6.43.